The summed E-state index contributed by atoms with van der Waals surface area (Å²) < 4.78 is 154. The van der Waals surface area contributed by atoms with Crippen molar-refractivity contribution in [1.29, 1.82) is 0 Å². The highest BCUT2D eigenvalue weighted by Crippen LogP contribution is 2.53. The number of benzene rings is 3. The molecule has 0 radical (unpaired) electrons. The third-order valence-electron chi connectivity index (χ3n) is 24.1. The van der Waals surface area contributed by atoms with Crippen molar-refractivity contribution in [2.45, 2.75) is 287 Å². The topological polar surface area (TPSA) is 317 Å². The summed E-state index contributed by atoms with van der Waals surface area (Å²) in [6, 6.07) is 11.2. The second kappa shape index (κ2) is 40.4. The molecule has 131 heavy (non-hydrogen) atoms. The van der Waals surface area contributed by atoms with Crippen LogP contribution in [0.2, 0.25) is 0 Å². The maximum atomic E-state index is 16.0. The van der Waals surface area contributed by atoms with E-state index in [1.54, 1.807) is 132 Å². The predicted octanol–water partition coefficient (Wildman–Crippen LogP) is 18.5. The van der Waals surface area contributed by atoms with Gasteiger partial charge in [-0.1, -0.05) is 102 Å². The number of carbonyl (C=O) groups excluding carboxylic acids is 7. The van der Waals surface area contributed by atoms with Crippen LogP contribution in [0.1, 0.15) is 222 Å². The molecule has 15 atom stereocenters. The monoisotopic (exact) mass is 1840 g/mol. The first-order valence-electron chi connectivity index (χ1n) is 43.6. The van der Waals surface area contributed by atoms with Gasteiger partial charge in [0.1, 0.15) is 81.7 Å². The lowest BCUT2D eigenvalue weighted by Gasteiger charge is -2.35. The number of nitrogens with zero attached hydrogens (tertiary/aromatic N) is 8. The number of likely N-dealkylation sites (tertiary alicyclic amines) is 1. The zero-order valence-corrected chi connectivity index (χ0v) is 78.2. The Labute approximate surface area is 765 Å². The number of aromatic nitrogens is 6. The number of rotatable bonds is 21. The van der Waals surface area contributed by atoms with Crippen molar-refractivity contribution in [2.24, 2.45) is 52.3 Å². The molecule has 7 heterocycles. The molecule has 33 heteroatoms. The molecular weight excluding hydrogens is 1710 g/mol. The molecule has 12 rings (SSSR count). The molecule has 27 nitrogen and oxygen atoms in total. The lowest BCUT2D eigenvalue weighted by atomic mass is 9.77. The molecule has 3 aromatic heterocycles. The summed E-state index contributed by atoms with van der Waals surface area (Å²) in [6.45, 7) is 45.8. The zero-order chi connectivity index (χ0) is 95.8. The van der Waals surface area contributed by atoms with Crippen LogP contribution in [0.25, 0.3) is 33.1 Å². The molecule has 5 fully saturated rings. The van der Waals surface area contributed by atoms with Gasteiger partial charge >= 0.3 is 47.6 Å². The summed E-state index contributed by atoms with van der Waals surface area (Å²) in [6.07, 6.45) is 5.95. The van der Waals surface area contributed by atoms with Gasteiger partial charge < -0.3 is 67.2 Å². The molecule has 2 bridgehead atoms. The van der Waals surface area contributed by atoms with Crippen LogP contribution in [0.5, 0.6) is 34.9 Å². The molecule has 2 saturated carbocycles. The molecule has 720 valence electrons. The number of amides is 2. The maximum Gasteiger partial charge on any atom is 0.329 e. The van der Waals surface area contributed by atoms with Gasteiger partial charge in [-0.3, -0.25) is 24.0 Å². The van der Waals surface area contributed by atoms with E-state index in [1.807, 2.05) is 61.5 Å². The van der Waals surface area contributed by atoms with Crippen molar-refractivity contribution in [3.63, 3.8) is 0 Å². The molecule has 3 saturated heterocycles. The number of alkyl halides is 6. The van der Waals surface area contributed by atoms with Crippen LogP contribution < -0.4 is 33.7 Å². The number of carbonyl (C=O) groups is 7. The third-order valence-corrected chi connectivity index (χ3v) is 24.1. The minimum Gasteiger partial charge on any atom is -0.497 e. The Morgan fingerprint density at radius 2 is 1.11 bits per heavy atom. The molecule has 3 aromatic carbocycles. The molecule has 2 amide bonds. The summed E-state index contributed by atoms with van der Waals surface area (Å²) in [5, 5.41) is 3.05. The molecular formula is C98H133F6N9O18. The number of hydrogen-bond acceptors (Lipinski definition) is 25. The number of nitrogens with one attached hydrogen (secondary N) is 1. The number of hydrogen-bond donors (Lipinski definition) is 1. The van der Waals surface area contributed by atoms with Gasteiger partial charge in [0.15, 0.2) is 17.1 Å². The SMILES string of the molecule is C.C.C=CC(F)(F)c1nc2ccc(OC)cc2nc1O[C@H]1CN[C@H](C(=O)OC(C)(C)C)[C@@H]1C.C=CCCC1CC1(C)OC(=O)C[C@H](C(=O)N1C[C@H](Oc2nc3cc(OC)ccc3nc2C(F)(F)C=C)[C@@H](C)[C@H]1C(=O)OC(C)(C)C)C(C)(C)C.COc1ccc2nc3c(nc2c1)O[C@H]1CN(C(=O)[C@H](C(C)(C)C)CC(=O)O[C@]2(C)C[C@H]2CC/C=C/C3(F)F)[C@H](C(=O)OC(C)(C)C)[C@@H]1C. The highest BCUT2D eigenvalue weighted by atomic mass is 19.3. The molecule has 6 aromatic rings. The third kappa shape index (κ3) is 25.4. The summed E-state index contributed by atoms with van der Waals surface area (Å²) in [5.41, 5.74) is -5.66. The van der Waals surface area contributed by atoms with Crippen LogP contribution in [0.4, 0.5) is 26.3 Å². The fourth-order valence-corrected chi connectivity index (χ4v) is 16.4. The first kappa shape index (κ1) is 106. The van der Waals surface area contributed by atoms with Crippen molar-refractivity contribution >= 4 is 74.8 Å². The van der Waals surface area contributed by atoms with E-state index >= 15 is 17.6 Å². The first-order valence-corrected chi connectivity index (χ1v) is 43.6. The average molecular weight is 1840 g/mol. The predicted molar refractivity (Wildman–Crippen MR) is 483 cm³/mol. The average Bonchev–Trinajstić information content (AvgIpc) is 1.56. The molecule has 2 aliphatic carbocycles. The lowest BCUT2D eigenvalue weighted by molar-refractivity contribution is -0.167. The van der Waals surface area contributed by atoms with Gasteiger partial charge in [-0.05, 0) is 180 Å². The second-order valence-electron chi connectivity index (χ2n) is 39.8. The number of esters is 5. The normalized spacial score (nSPS) is 25.5. The van der Waals surface area contributed by atoms with Gasteiger partial charge in [0, 0.05) is 54.3 Å². The number of halogens is 6. The highest BCUT2D eigenvalue weighted by Gasteiger charge is 2.58. The molecule has 4 aliphatic heterocycles. The first-order chi connectivity index (χ1) is 59.8. The summed E-state index contributed by atoms with van der Waals surface area (Å²) in [7, 11) is 4.44. The van der Waals surface area contributed by atoms with Crippen LogP contribution in [0.3, 0.4) is 0 Å². The van der Waals surface area contributed by atoms with Gasteiger partial charge in [-0.2, -0.15) is 26.3 Å². The van der Waals surface area contributed by atoms with Crippen LogP contribution in [-0.2, 0) is 75.0 Å². The summed E-state index contributed by atoms with van der Waals surface area (Å²) in [4.78, 5) is 124. The summed E-state index contributed by atoms with van der Waals surface area (Å²) in [5.74, 6) is -17.4. The van der Waals surface area contributed by atoms with Crippen molar-refractivity contribution < 1.29 is 112 Å². The smallest absolute Gasteiger partial charge is 0.329 e. The highest BCUT2D eigenvalue weighted by molar-refractivity contribution is 5.91. The van der Waals surface area contributed by atoms with Gasteiger partial charge in [0.25, 0.3) is 0 Å². The fourth-order valence-electron chi connectivity index (χ4n) is 16.4. The van der Waals surface area contributed by atoms with Crippen molar-refractivity contribution in [3.8, 4) is 34.9 Å². The number of ether oxygens (including phenoxy) is 11. The quantitative estimate of drug-likeness (QED) is 0.0303. The maximum absolute atomic E-state index is 16.0. The van der Waals surface area contributed by atoms with Crippen LogP contribution in [0, 0.1) is 52.3 Å². The van der Waals surface area contributed by atoms with Crippen LogP contribution in [-0.4, -0.2) is 187 Å². The second-order valence-corrected chi connectivity index (χ2v) is 39.8. The number of methoxy groups -OCH3 is 3. The Bertz CT molecular complexity index is 5230. The Morgan fingerprint density at radius 1 is 0.618 bits per heavy atom. The molecule has 2 unspecified atom stereocenters. The minimum atomic E-state index is -3.61. The van der Waals surface area contributed by atoms with Gasteiger partial charge in [-0.15, -0.1) is 6.58 Å². The van der Waals surface area contributed by atoms with Crippen molar-refractivity contribution in [2.75, 3.05) is 41.0 Å². The van der Waals surface area contributed by atoms with Gasteiger partial charge in [-0.25, -0.2) is 39.5 Å². The largest absolute Gasteiger partial charge is 0.497 e. The molecule has 0 spiro atoms. The van der Waals surface area contributed by atoms with Crippen molar-refractivity contribution in [3.05, 3.63) is 122 Å². The Balaban J connectivity index is 0.000000247. The van der Waals surface area contributed by atoms with Crippen LogP contribution in [0.15, 0.2) is 105 Å². The van der Waals surface area contributed by atoms with E-state index in [-0.39, 0.29) is 98.5 Å². The van der Waals surface area contributed by atoms with Gasteiger partial charge in [0.05, 0.1) is 92.2 Å². The van der Waals surface area contributed by atoms with Crippen molar-refractivity contribution in [1.82, 2.24) is 45.0 Å². The van der Waals surface area contributed by atoms with Gasteiger partial charge in [0.2, 0.25) is 29.5 Å². The number of allylic oxidation sites excluding steroid dienone is 5. The molecule has 6 aliphatic rings. The van der Waals surface area contributed by atoms with Crippen LogP contribution >= 0.6 is 0 Å². The Hall–Kier alpha value is -10.7. The lowest BCUT2D eigenvalue weighted by Crippen LogP contribution is -2.50. The zero-order valence-electron chi connectivity index (χ0n) is 78.2. The van der Waals surface area contributed by atoms with E-state index in [1.165, 1.54) is 43.3 Å². The standard InChI is InChI=1S/C38H51F2N3O7.C36H47F2N3O7.C22H27F2N3O4.2CH4/c1-12-14-15-23-20-37(23,10)49-29(44)19-25(35(4,5)6)33(45)43-21-28(22(3)30(43)34(46)50-36(7,8)9)48-32-31(38(39,40)13-2)41-26-17-16-24(47-11)18-27(26)42-32;1-20-26-19-41(28(20)32(44)48-34(5,6)7)31(43)23(33(2,3)4)17-27(42)47-35(8)18-21(35)12-10-11-15-36(37,38)29-30(46-26)40-25-16-22(45-9)13-14-24(25)39-29;1-7-22(23,24)18-19(27-15-10-13(29-6)8-9-14(15)26-18)30-16-11-25-17(12(16)2)20(28)31-21(3,4)5;;/h12-13,16-18,22-23,25,28,30H,1-2,14-15,19-21H2,3-11H3;11,13-16,20-21,23,26,28H,10,12,17-19H2,1-9H3;7-10,12,16-17,25H,1,11H2,2-6H3;2*1H4/b;15-11+;;;/t22-,23?,25-,28+,30+,37?;20-,21-,23-,26+,28+,35-;12-,16+,17+;;/m111../s1. The molecule has 1 N–H and O–H groups in total. The van der Waals surface area contributed by atoms with E-state index in [0.29, 0.717) is 54.2 Å². The van der Waals surface area contributed by atoms with E-state index < -0.39 is 187 Å². The van der Waals surface area contributed by atoms with E-state index in [2.05, 4.69) is 55.0 Å². The van der Waals surface area contributed by atoms with E-state index in [0.717, 1.165) is 25.3 Å². The Morgan fingerprint density at radius 3 is 1.59 bits per heavy atom. The van der Waals surface area contributed by atoms with E-state index in [4.69, 9.17) is 52.1 Å². The Kier molecular flexibility index (Phi) is 32.6. The fraction of sp³-hybridized carbons (Fsp3) is 0.602. The summed E-state index contributed by atoms with van der Waals surface area (Å²) >= 11 is 0. The van der Waals surface area contributed by atoms with E-state index in [9.17, 15) is 42.3 Å². The minimum absolute atomic E-state index is 0. The number of fused-ring (bicyclic) bond motifs is 7.